The first-order chi connectivity index (χ1) is 7.66. The van der Waals surface area contributed by atoms with Gasteiger partial charge in [-0.15, -0.1) is 0 Å². The maximum Gasteiger partial charge on any atom is 0.238 e. The Morgan fingerprint density at radius 3 is 2.94 bits per heavy atom. The lowest BCUT2D eigenvalue weighted by Crippen LogP contribution is -2.29. The smallest absolute Gasteiger partial charge is 0.238 e. The van der Waals surface area contributed by atoms with Crippen molar-refractivity contribution in [3.8, 4) is 0 Å². The van der Waals surface area contributed by atoms with Crippen LogP contribution in [0.4, 0.5) is 5.69 Å². The summed E-state index contributed by atoms with van der Waals surface area (Å²) in [5.41, 5.74) is 1.93. The molecule has 86 valence electrons. The number of hydrogen-bond acceptors (Lipinski definition) is 2. The molecule has 1 aliphatic carbocycles. The van der Waals surface area contributed by atoms with Crippen molar-refractivity contribution >= 4 is 27.5 Å². The van der Waals surface area contributed by atoms with E-state index in [9.17, 15) is 4.79 Å². The number of amides is 1. The third-order valence-electron chi connectivity index (χ3n) is 2.67. The highest BCUT2D eigenvalue weighted by molar-refractivity contribution is 9.10. The summed E-state index contributed by atoms with van der Waals surface area (Å²) in [6.07, 6.45) is 2.40. The maximum atomic E-state index is 11.6. The van der Waals surface area contributed by atoms with Crippen LogP contribution in [0.25, 0.3) is 0 Å². The molecule has 16 heavy (non-hydrogen) atoms. The molecular weight excluding hydrogens is 268 g/mol. The number of benzene rings is 1. The number of carbonyl (C=O) groups excluding carboxylic acids is 1. The van der Waals surface area contributed by atoms with Gasteiger partial charge in [0.25, 0.3) is 0 Å². The molecule has 3 nitrogen and oxygen atoms in total. The molecule has 2 N–H and O–H groups in total. The van der Waals surface area contributed by atoms with E-state index in [2.05, 4.69) is 26.6 Å². The zero-order valence-corrected chi connectivity index (χ0v) is 10.8. The predicted molar refractivity (Wildman–Crippen MR) is 68.5 cm³/mol. The average Bonchev–Trinajstić information content (AvgIpc) is 3.06. The molecule has 0 aliphatic heterocycles. The van der Waals surface area contributed by atoms with Crippen molar-refractivity contribution in [1.29, 1.82) is 0 Å². The maximum absolute atomic E-state index is 11.6. The second-order valence-electron chi connectivity index (χ2n) is 4.12. The van der Waals surface area contributed by atoms with Gasteiger partial charge < -0.3 is 10.6 Å². The highest BCUT2D eigenvalue weighted by Crippen LogP contribution is 2.23. The fourth-order valence-electron chi connectivity index (χ4n) is 1.46. The van der Waals surface area contributed by atoms with Crippen LogP contribution in [-0.2, 0) is 4.79 Å². The number of rotatable bonds is 4. The molecule has 1 amide bonds. The van der Waals surface area contributed by atoms with Crippen molar-refractivity contribution in [3.05, 3.63) is 28.2 Å². The molecule has 0 spiro atoms. The first-order valence-corrected chi connectivity index (χ1v) is 6.24. The van der Waals surface area contributed by atoms with E-state index in [0.717, 1.165) is 15.7 Å². The van der Waals surface area contributed by atoms with Crippen LogP contribution >= 0.6 is 15.9 Å². The van der Waals surface area contributed by atoms with E-state index in [-0.39, 0.29) is 5.91 Å². The van der Waals surface area contributed by atoms with E-state index >= 15 is 0 Å². The van der Waals surface area contributed by atoms with Gasteiger partial charge in [-0.25, -0.2) is 0 Å². The number of nitrogens with one attached hydrogen (secondary N) is 2. The van der Waals surface area contributed by atoms with Gasteiger partial charge in [-0.2, -0.15) is 0 Å². The molecule has 1 aromatic rings. The van der Waals surface area contributed by atoms with Gasteiger partial charge in [0.2, 0.25) is 5.91 Å². The van der Waals surface area contributed by atoms with Gasteiger partial charge in [0.15, 0.2) is 0 Å². The molecule has 1 aliphatic rings. The van der Waals surface area contributed by atoms with E-state index in [1.165, 1.54) is 12.8 Å². The molecule has 1 saturated carbocycles. The van der Waals surface area contributed by atoms with Crippen molar-refractivity contribution in [1.82, 2.24) is 5.32 Å². The minimum absolute atomic E-state index is 0.0214. The summed E-state index contributed by atoms with van der Waals surface area (Å²) >= 11 is 3.44. The van der Waals surface area contributed by atoms with Crippen molar-refractivity contribution in [2.24, 2.45) is 0 Å². The Morgan fingerprint density at radius 1 is 1.50 bits per heavy atom. The molecule has 4 heteroatoms. The fourth-order valence-corrected chi connectivity index (χ4v) is 1.83. The molecule has 0 saturated heterocycles. The quantitative estimate of drug-likeness (QED) is 0.891. The van der Waals surface area contributed by atoms with Crippen LogP contribution in [0.2, 0.25) is 0 Å². The monoisotopic (exact) mass is 282 g/mol. The summed E-state index contributed by atoms with van der Waals surface area (Å²) in [5.74, 6) is 0.0214. The molecule has 0 radical (unpaired) electrons. The van der Waals surface area contributed by atoms with Crippen LogP contribution in [0.1, 0.15) is 18.4 Å². The molecule has 0 unspecified atom stereocenters. The lowest BCUT2D eigenvalue weighted by molar-refractivity contribution is -0.115. The lowest BCUT2D eigenvalue weighted by Gasteiger charge is -2.09. The Hall–Kier alpha value is -0.870. The van der Waals surface area contributed by atoms with E-state index in [1.54, 1.807) is 0 Å². The Kier molecular flexibility index (Phi) is 3.61. The highest BCUT2D eigenvalue weighted by atomic mass is 79.9. The zero-order chi connectivity index (χ0) is 11.5. The van der Waals surface area contributed by atoms with Crippen LogP contribution in [0.5, 0.6) is 0 Å². The molecule has 1 fully saturated rings. The van der Waals surface area contributed by atoms with Crippen LogP contribution in [0.3, 0.4) is 0 Å². The van der Waals surface area contributed by atoms with Crippen molar-refractivity contribution in [2.75, 3.05) is 11.9 Å². The first kappa shape index (κ1) is 11.6. The molecule has 0 bridgehead atoms. The van der Waals surface area contributed by atoms with Crippen LogP contribution in [-0.4, -0.2) is 18.5 Å². The second kappa shape index (κ2) is 4.97. The number of anilines is 1. The minimum atomic E-state index is 0.0214. The summed E-state index contributed by atoms with van der Waals surface area (Å²) in [6, 6.07) is 6.36. The Labute approximate surface area is 104 Å². The first-order valence-electron chi connectivity index (χ1n) is 5.45. The second-order valence-corrected chi connectivity index (χ2v) is 4.97. The average molecular weight is 283 g/mol. The number of halogens is 1. The molecule has 2 rings (SSSR count). The number of carbonyl (C=O) groups is 1. The predicted octanol–water partition coefficient (Wildman–Crippen LogP) is 2.45. The summed E-state index contributed by atoms with van der Waals surface area (Å²) in [5, 5.41) is 6.09. The third kappa shape index (κ3) is 3.06. The zero-order valence-electron chi connectivity index (χ0n) is 9.22. The lowest BCUT2D eigenvalue weighted by atomic mass is 10.2. The fraction of sp³-hybridized carbons (Fsp3) is 0.417. The van der Waals surface area contributed by atoms with Gasteiger partial charge in [0, 0.05) is 16.2 Å². The third-order valence-corrected chi connectivity index (χ3v) is 3.53. The van der Waals surface area contributed by atoms with E-state index in [4.69, 9.17) is 0 Å². The molecule has 1 aromatic carbocycles. The van der Waals surface area contributed by atoms with E-state index in [1.807, 2.05) is 25.1 Å². The van der Waals surface area contributed by atoms with E-state index in [0.29, 0.717) is 12.6 Å². The number of hydrogen-bond donors (Lipinski definition) is 2. The van der Waals surface area contributed by atoms with Gasteiger partial charge in [0.05, 0.1) is 6.54 Å². The highest BCUT2D eigenvalue weighted by Gasteiger charge is 2.21. The van der Waals surface area contributed by atoms with Gasteiger partial charge in [-0.1, -0.05) is 22.0 Å². The summed E-state index contributed by atoms with van der Waals surface area (Å²) in [4.78, 5) is 11.6. The van der Waals surface area contributed by atoms with Crippen molar-refractivity contribution < 1.29 is 4.79 Å². The standard InChI is InChI=1S/C12H15BrN2O/c1-8-10(13)3-2-4-11(8)15-12(16)7-14-9-5-6-9/h2-4,9,14H,5-7H2,1H3,(H,15,16). The van der Waals surface area contributed by atoms with Crippen LogP contribution < -0.4 is 10.6 Å². The SMILES string of the molecule is Cc1c(Br)cccc1NC(=O)CNC1CC1. The largest absolute Gasteiger partial charge is 0.325 e. The summed E-state index contributed by atoms with van der Waals surface area (Å²) in [7, 11) is 0. The molecule has 0 aromatic heterocycles. The van der Waals surface area contributed by atoms with Gasteiger partial charge >= 0.3 is 0 Å². The Balaban J connectivity index is 1.91. The topological polar surface area (TPSA) is 41.1 Å². The Bertz CT molecular complexity index is 402. The van der Waals surface area contributed by atoms with Crippen LogP contribution in [0.15, 0.2) is 22.7 Å². The van der Waals surface area contributed by atoms with Gasteiger partial charge in [-0.3, -0.25) is 4.79 Å². The van der Waals surface area contributed by atoms with E-state index < -0.39 is 0 Å². The summed E-state index contributed by atoms with van der Waals surface area (Å²) < 4.78 is 1.01. The van der Waals surface area contributed by atoms with Crippen LogP contribution in [0, 0.1) is 6.92 Å². The molecule has 0 heterocycles. The van der Waals surface area contributed by atoms with Gasteiger partial charge in [0.1, 0.15) is 0 Å². The minimum Gasteiger partial charge on any atom is -0.325 e. The normalized spacial score (nSPS) is 14.9. The Morgan fingerprint density at radius 2 is 2.25 bits per heavy atom. The van der Waals surface area contributed by atoms with Crippen molar-refractivity contribution in [2.45, 2.75) is 25.8 Å². The molecule has 0 atom stereocenters. The van der Waals surface area contributed by atoms with Crippen molar-refractivity contribution in [3.63, 3.8) is 0 Å². The summed E-state index contributed by atoms with van der Waals surface area (Å²) in [6.45, 7) is 2.38. The molecular formula is C12H15BrN2O. The van der Waals surface area contributed by atoms with Gasteiger partial charge in [-0.05, 0) is 37.5 Å².